The molecule has 1 atom stereocenters. The van der Waals surface area contributed by atoms with Gasteiger partial charge in [0.05, 0.1) is 10.8 Å². The highest BCUT2D eigenvalue weighted by Crippen LogP contribution is 2.32. The number of benzene rings is 1. The van der Waals surface area contributed by atoms with Crippen LogP contribution in [0.5, 0.6) is 0 Å². The molecule has 0 amide bonds. The molecule has 0 N–H and O–H groups in total. The third kappa shape index (κ3) is 2.88. The molecule has 0 bridgehead atoms. The first kappa shape index (κ1) is 16.1. The van der Waals surface area contributed by atoms with Gasteiger partial charge in [0.15, 0.2) is 5.82 Å². The van der Waals surface area contributed by atoms with Crippen LogP contribution < -0.4 is 0 Å². The molecule has 1 aromatic carbocycles. The van der Waals surface area contributed by atoms with Crippen molar-refractivity contribution in [1.29, 1.82) is 0 Å². The maximum atomic E-state index is 13.4. The predicted molar refractivity (Wildman–Crippen MR) is 81.0 cm³/mol. The monoisotopic (exact) mass is 339 g/mol. The van der Waals surface area contributed by atoms with Crippen molar-refractivity contribution in [3.8, 4) is 0 Å². The predicted octanol–water partition coefficient (Wildman–Crippen LogP) is 2.31. The fourth-order valence-electron chi connectivity index (χ4n) is 3.06. The molecule has 8 heteroatoms. The number of hydrogen-bond donors (Lipinski definition) is 0. The van der Waals surface area contributed by atoms with E-state index in [0.717, 1.165) is 0 Å². The second-order valence-electron chi connectivity index (χ2n) is 5.90. The molecule has 124 valence electrons. The van der Waals surface area contributed by atoms with E-state index >= 15 is 0 Å². The molecule has 1 aliphatic rings. The summed E-state index contributed by atoms with van der Waals surface area (Å²) in [6, 6.07) is 2.49. The number of aryl methyl sites for hydroxylation is 3. The largest absolute Gasteiger partial charge is 0.339 e. The number of sulfonamides is 1. The van der Waals surface area contributed by atoms with Gasteiger partial charge in [-0.3, -0.25) is 0 Å². The number of hydrogen-bond acceptors (Lipinski definition) is 5. The Bertz CT molecular complexity index is 824. The molecule has 1 aliphatic heterocycles. The minimum Gasteiger partial charge on any atom is -0.339 e. The van der Waals surface area contributed by atoms with Gasteiger partial charge in [0, 0.05) is 13.1 Å². The summed E-state index contributed by atoms with van der Waals surface area (Å²) in [4.78, 5) is 4.36. The zero-order valence-electron chi connectivity index (χ0n) is 13.2. The fourth-order valence-corrected chi connectivity index (χ4v) is 4.97. The van der Waals surface area contributed by atoms with Gasteiger partial charge in [-0.25, -0.2) is 12.8 Å². The van der Waals surface area contributed by atoms with Gasteiger partial charge in [0.25, 0.3) is 0 Å². The molecule has 0 spiro atoms. The van der Waals surface area contributed by atoms with Crippen LogP contribution >= 0.6 is 0 Å². The number of aromatic nitrogens is 2. The van der Waals surface area contributed by atoms with Gasteiger partial charge in [0.2, 0.25) is 15.9 Å². The Morgan fingerprint density at radius 1 is 1.26 bits per heavy atom. The van der Waals surface area contributed by atoms with E-state index in [0.29, 0.717) is 42.4 Å². The molecule has 1 fully saturated rings. The molecule has 1 saturated heterocycles. The van der Waals surface area contributed by atoms with Crippen molar-refractivity contribution in [2.45, 2.75) is 38.0 Å². The van der Waals surface area contributed by atoms with Gasteiger partial charge in [0.1, 0.15) is 5.82 Å². The SMILES string of the molecule is Cc1noc([C@@H]2CCN(S(=O)(=O)c3c(C)cc(F)cc3C)C2)n1. The van der Waals surface area contributed by atoms with E-state index in [1.54, 1.807) is 20.8 Å². The van der Waals surface area contributed by atoms with Crippen LogP contribution in [0, 0.1) is 26.6 Å². The van der Waals surface area contributed by atoms with Gasteiger partial charge in [-0.05, 0) is 50.5 Å². The Morgan fingerprint density at radius 2 is 1.91 bits per heavy atom. The number of rotatable bonds is 3. The van der Waals surface area contributed by atoms with E-state index in [2.05, 4.69) is 10.1 Å². The lowest BCUT2D eigenvalue weighted by atomic mass is 10.1. The van der Waals surface area contributed by atoms with E-state index in [1.165, 1.54) is 16.4 Å². The van der Waals surface area contributed by atoms with Crippen LogP contribution in [0.15, 0.2) is 21.6 Å². The average Bonchev–Trinajstić information content (AvgIpc) is 3.05. The Hall–Kier alpha value is -1.80. The molecular weight excluding hydrogens is 321 g/mol. The highest BCUT2D eigenvalue weighted by atomic mass is 32.2. The first-order valence-corrected chi connectivity index (χ1v) is 8.80. The van der Waals surface area contributed by atoms with E-state index < -0.39 is 15.8 Å². The second-order valence-corrected chi connectivity index (χ2v) is 7.77. The second kappa shape index (κ2) is 5.68. The van der Waals surface area contributed by atoms with Crippen LogP contribution in [0.25, 0.3) is 0 Å². The smallest absolute Gasteiger partial charge is 0.243 e. The van der Waals surface area contributed by atoms with E-state index in [1.807, 2.05) is 0 Å². The van der Waals surface area contributed by atoms with E-state index in [9.17, 15) is 12.8 Å². The summed E-state index contributed by atoms with van der Waals surface area (Å²) >= 11 is 0. The van der Waals surface area contributed by atoms with Gasteiger partial charge >= 0.3 is 0 Å². The van der Waals surface area contributed by atoms with Crippen LogP contribution in [0.2, 0.25) is 0 Å². The maximum Gasteiger partial charge on any atom is 0.243 e. The van der Waals surface area contributed by atoms with Crippen molar-refractivity contribution in [1.82, 2.24) is 14.4 Å². The zero-order chi connectivity index (χ0) is 16.8. The Balaban J connectivity index is 1.90. The average molecular weight is 339 g/mol. The Kier molecular flexibility index (Phi) is 3.97. The number of halogens is 1. The molecule has 0 saturated carbocycles. The van der Waals surface area contributed by atoms with Crippen molar-refractivity contribution in [2.24, 2.45) is 0 Å². The van der Waals surface area contributed by atoms with Crippen molar-refractivity contribution in [3.05, 3.63) is 40.8 Å². The molecule has 3 rings (SSSR count). The third-order valence-electron chi connectivity index (χ3n) is 4.07. The first-order chi connectivity index (χ1) is 10.8. The summed E-state index contributed by atoms with van der Waals surface area (Å²) < 4.78 is 45.8. The van der Waals surface area contributed by atoms with Gasteiger partial charge in [-0.1, -0.05) is 5.16 Å². The summed E-state index contributed by atoms with van der Waals surface area (Å²) in [5, 5.41) is 3.75. The fraction of sp³-hybridized carbons (Fsp3) is 0.467. The van der Waals surface area contributed by atoms with Gasteiger partial charge in [-0.15, -0.1) is 0 Å². The quantitative estimate of drug-likeness (QED) is 0.858. The van der Waals surface area contributed by atoms with Crippen LogP contribution in [0.4, 0.5) is 4.39 Å². The minimum atomic E-state index is -3.67. The topological polar surface area (TPSA) is 76.3 Å². The number of nitrogens with zero attached hydrogens (tertiary/aromatic N) is 3. The van der Waals surface area contributed by atoms with Gasteiger partial charge in [-0.2, -0.15) is 9.29 Å². The molecule has 2 heterocycles. The maximum absolute atomic E-state index is 13.4. The van der Waals surface area contributed by atoms with Crippen molar-refractivity contribution >= 4 is 10.0 Å². The summed E-state index contributed by atoms with van der Waals surface area (Å²) in [5.74, 6) is 0.464. The molecular formula is C15H18FN3O3S. The molecule has 23 heavy (non-hydrogen) atoms. The molecule has 6 nitrogen and oxygen atoms in total. The highest BCUT2D eigenvalue weighted by molar-refractivity contribution is 7.89. The normalized spacial score (nSPS) is 19.4. The molecule has 1 aromatic heterocycles. The van der Waals surface area contributed by atoms with Crippen LogP contribution in [-0.4, -0.2) is 36.0 Å². The van der Waals surface area contributed by atoms with Crippen LogP contribution in [0.1, 0.15) is 35.2 Å². The first-order valence-electron chi connectivity index (χ1n) is 7.36. The lowest BCUT2D eigenvalue weighted by molar-refractivity contribution is 0.351. The Morgan fingerprint density at radius 3 is 2.48 bits per heavy atom. The molecule has 0 aliphatic carbocycles. The van der Waals surface area contributed by atoms with Gasteiger partial charge < -0.3 is 4.52 Å². The van der Waals surface area contributed by atoms with Crippen molar-refractivity contribution < 1.29 is 17.3 Å². The summed E-state index contributed by atoms with van der Waals surface area (Å²) in [7, 11) is -3.67. The van der Waals surface area contributed by atoms with Crippen LogP contribution in [0.3, 0.4) is 0 Å². The van der Waals surface area contributed by atoms with Crippen LogP contribution in [-0.2, 0) is 10.0 Å². The molecule has 0 radical (unpaired) electrons. The lowest BCUT2D eigenvalue weighted by Gasteiger charge is -2.19. The summed E-state index contributed by atoms with van der Waals surface area (Å²) in [6.07, 6.45) is 0.625. The Labute approximate surface area is 134 Å². The van der Waals surface area contributed by atoms with Crippen molar-refractivity contribution in [2.75, 3.05) is 13.1 Å². The minimum absolute atomic E-state index is 0.105. The molecule has 2 aromatic rings. The zero-order valence-corrected chi connectivity index (χ0v) is 14.0. The summed E-state index contributed by atoms with van der Waals surface area (Å²) in [5.41, 5.74) is 0.833. The third-order valence-corrected chi connectivity index (χ3v) is 6.24. The van der Waals surface area contributed by atoms with Crippen molar-refractivity contribution in [3.63, 3.8) is 0 Å². The van der Waals surface area contributed by atoms with E-state index in [4.69, 9.17) is 4.52 Å². The lowest BCUT2D eigenvalue weighted by Crippen LogP contribution is -2.30. The highest BCUT2D eigenvalue weighted by Gasteiger charge is 2.37. The summed E-state index contributed by atoms with van der Waals surface area (Å²) in [6.45, 7) is 5.61. The van der Waals surface area contributed by atoms with E-state index in [-0.39, 0.29) is 10.8 Å². The standard InChI is InChI=1S/C15H18FN3O3S/c1-9-6-13(16)7-10(2)14(9)23(20,21)19-5-4-12(8-19)15-17-11(3)18-22-15/h6-7,12H,4-5,8H2,1-3H3/t12-/m1/s1. The molecule has 0 unspecified atom stereocenters.